The van der Waals surface area contributed by atoms with Gasteiger partial charge in [-0.3, -0.25) is 4.90 Å². The summed E-state index contributed by atoms with van der Waals surface area (Å²) in [5, 5.41) is 14.4. The maximum Gasteiger partial charge on any atom is 0.393 e. The second-order valence-corrected chi connectivity index (χ2v) is 8.39. The molecule has 9 heteroatoms. The Morgan fingerprint density at radius 3 is 2.72 bits per heavy atom. The highest BCUT2D eigenvalue weighted by atomic mass is 32.1. The number of alkyl halides is 3. The number of likely N-dealkylation sites (tertiary alicyclic amines) is 1. The van der Waals surface area contributed by atoms with Crippen molar-refractivity contribution in [3.05, 3.63) is 53.2 Å². The van der Waals surface area contributed by atoms with Gasteiger partial charge in [-0.2, -0.15) is 13.2 Å². The fourth-order valence-electron chi connectivity index (χ4n) is 3.63. The summed E-state index contributed by atoms with van der Waals surface area (Å²) in [5.74, 6) is 0.472. The first-order valence-corrected chi connectivity index (χ1v) is 10.2. The lowest BCUT2D eigenvalue weighted by Crippen LogP contribution is -2.49. The zero-order valence-corrected chi connectivity index (χ0v) is 16.4. The largest absolute Gasteiger partial charge is 0.393 e. The maximum atomic E-state index is 12.7. The molecule has 0 aliphatic carbocycles. The van der Waals surface area contributed by atoms with Gasteiger partial charge in [-0.05, 0) is 18.1 Å². The van der Waals surface area contributed by atoms with Gasteiger partial charge < -0.3 is 10.4 Å². The smallest absolute Gasteiger partial charge is 0.390 e. The van der Waals surface area contributed by atoms with Crippen molar-refractivity contribution in [2.75, 3.05) is 18.4 Å². The quantitative estimate of drug-likeness (QED) is 0.654. The first-order valence-electron chi connectivity index (χ1n) is 9.38. The molecule has 0 unspecified atom stereocenters. The summed E-state index contributed by atoms with van der Waals surface area (Å²) >= 11 is 1.02. The number of benzene rings is 1. The van der Waals surface area contributed by atoms with Crippen LogP contribution < -0.4 is 5.32 Å². The molecule has 1 fully saturated rings. The van der Waals surface area contributed by atoms with Crippen molar-refractivity contribution in [3.8, 4) is 0 Å². The molecule has 0 amide bonds. The summed E-state index contributed by atoms with van der Waals surface area (Å²) in [7, 11) is 0. The minimum absolute atomic E-state index is 0.203. The molecular weight excluding hydrogens is 401 g/mol. The molecule has 1 saturated heterocycles. The lowest BCUT2D eigenvalue weighted by Gasteiger charge is -2.36. The summed E-state index contributed by atoms with van der Waals surface area (Å²) in [6.45, 7) is 2.10. The summed E-state index contributed by atoms with van der Waals surface area (Å²) in [6.07, 6.45) is -3.79. The van der Waals surface area contributed by atoms with Crippen molar-refractivity contribution in [1.82, 2.24) is 14.9 Å². The number of aliphatic hydroxyl groups excluding tert-OH is 1. The number of aliphatic hydroxyl groups is 1. The molecule has 5 nitrogen and oxygen atoms in total. The molecule has 0 bridgehead atoms. The number of hydrogen-bond donors (Lipinski definition) is 2. The number of anilines is 1. The molecular formula is C20H21F3N4OS. The van der Waals surface area contributed by atoms with Crippen LogP contribution in [0.3, 0.4) is 0 Å². The van der Waals surface area contributed by atoms with Gasteiger partial charge in [0.05, 0.1) is 24.0 Å². The number of fused-ring (bicyclic) bond motifs is 1. The van der Waals surface area contributed by atoms with Crippen LogP contribution in [0.5, 0.6) is 0 Å². The van der Waals surface area contributed by atoms with E-state index in [2.05, 4.69) is 32.3 Å². The van der Waals surface area contributed by atoms with Gasteiger partial charge in [0.15, 0.2) is 0 Å². The Labute approximate surface area is 170 Å². The molecule has 2 N–H and O–H groups in total. The second-order valence-electron chi connectivity index (χ2n) is 7.27. The Bertz CT molecular complexity index is 963. The minimum Gasteiger partial charge on any atom is -0.390 e. The van der Waals surface area contributed by atoms with Crippen molar-refractivity contribution in [2.24, 2.45) is 0 Å². The molecule has 0 radical (unpaired) electrons. The first-order chi connectivity index (χ1) is 13.9. The third-order valence-electron chi connectivity index (χ3n) is 4.99. The highest BCUT2D eigenvalue weighted by Gasteiger charge is 2.30. The molecule has 2 aromatic heterocycles. The average molecular weight is 422 g/mol. The normalized spacial score (nSPS) is 20.8. The van der Waals surface area contributed by atoms with Gasteiger partial charge in [-0.15, -0.1) is 11.3 Å². The summed E-state index contributed by atoms with van der Waals surface area (Å²) in [5.41, 5.74) is 1.19. The number of aromatic nitrogens is 2. The molecule has 1 aromatic carbocycles. The van der Waals surface area contributed by atoms with E-state index in [1.165, 1.54) is 18.0 Å². The zero-order valence-electron chi connectivity index (χ0n) is 15.6. The molecule has 4 rings (SSSR count). The van der Waals surface area contributed by atoms with Crippen LogP contribution >= 0.6 is 11.3 Å². The van der Waals surface area contributed by atoms with Crippen LogP contribution in [0.2, 0.25) is 0 Å². The lowest BCUT2D eigenvalue weighted by atomic mass is 10.0. The third-order valence-corrected chi connectivity index (χ3v) is 6.04. The van der Waals surface area contributed by atoms with Gasteiger partial charge in [0.2, 0.25) is 0 Å². The van der Waals surface area contributed by atoms with E-state index >= 15 is 0 Å². The van der Waals surface area contributed by atoms with Crippen LogP contribution in [-0.4, -0.2) is 51.4 Å². The summed E-state index contributed by atoms with van der Waals surface area (Å²) in [6, 6.07) is 11.4. The number of nitrogens with zero attached hydrogens (tertiary/aromatic N) is 3. The van der Waals surface area contributed by atoms with E-state index in [-0.39, 0.29) is 10.9 Å². The highest BCUT2D eigenvalue weighted by Crippen LogP contribution is 2.33. The number of hydrogen-bond acceptors (Lipinski definition) is 6. The monoisotopic (exact) mass is 422 g/mol. The predicted octanol–water partition coefficient (Wildman–Crippen LogP) is 3.84. The predicted molar refractivity (Wildman–Crippen MR) is 107 cm³/mol. The molecule has 3 heterocycles. The van der Waals surface area contributed by atoms with E-state index in [1.54, 1.807) is 0 Å². The van der Waals surface area contributed by atoms with Gasteiger partial charge in [-0.1, -0.05) is 30.3 Å². The van der Waals surface area contributed by atoms with Crippen molar-refractivity contribution in [3.63, 3.8) is 0 Å². The van der Waals surface area contributed by atoms with Crippen LogP contribution in [0.25, 0.3) is 10.2 Å². The van der Waals surface area contributed by atoms with E-state index in [0.29, 0.717) is 29.0 Å². The Hall–Kier alpha value is -2.23. The molecule has 1 aliphatic rings. The van der Waals surface area contributed by atoms with Crippen LogP contribution in [0.1, 0.15) is 16.9 Å². The topological polar surface area (TPSA) is 61.3 Å². The zero-order chi connectivity index (χ0) is 20.4. The minimum atomic E-state index is -4.26. The fourth-order valence-corrected chi connectivity index (χ4v) is 4.66. The van der Waals surface area contributed by atoms with Gasteiger partial charge in [0, 0.05) is 24.5 Å². The van der Waals surface area contributed by atoms with Crippen LogP contribution in [0.4, 0.5) is 19.0 Å². The Morgan fingerprint density at radius 1 is 1.21 bits per heavy atom. The molecule has 3 aromatic rings. The van der Waals surface area contributed by atoms with E-state index in [4.69, 9.17) is 0 Å². The summed E-state index contributed by atoms with van der Waals surface area (Å²) in [4.78, 5) is 11.2. The van der Waals surface area contributed by atoms with E-state index in [1.807, 2.05) is 18.2 Å². The SMILES string of the molecule is O[C@@H]1CN(Cc2ccccc2)CC[C@H]1Nc1ncnc2sc(CC(F)(F)F)cc12. The fraction of sp³-hybridized carbons (Fsp3) is 0.400. The lowest BCUT2D eigenvalue weighted by molar-refractivity contribution is -0.126. The summed E-state index contributed by atoms with van der Waals surface area (Å²) < 4.78 is 38.1. The molecule has 2 atom stereocenters. The molecule has 0 spiro atoms. The molecule has 0 saturated carbocycles. The first kappa shape index (κ1) is 20.1. The van der Waals surface area contributed by atoms with Crippen molar-refractivity contribution in [2.45, 2.75) is 37.7 Å². The number of thiophene rings is 1. The van der Waals surface area contributed by atoms with E-state index in [0.717, 1.165) is 24.4 Å². The average Bonchev–Trinajstić information content (AvgIpc) is 3.06. The van der Waals surface area contributed by atoms with Crippen molar-refractivity contribution < 1.29 is 18.3 Å². The maximum absolute atomic E-state index is 12.7. The number of nitrogens with one attached hydrogen (secondary N) is 1. The van der Waals surface area contributed by atoms with Gasteiger partial charge in [0.1, 0.15) is 17.0 Å². The van der Waals surface area contributed by atoms with Crippen LogP contribution in [-0.2, 0) is 13.0 Å². The van der Waals surface area contributed by atoms with Crippen LogP contribution in [0.15, 0.2) is 42.7 Å². The Kier molecular flexibility index (Phi) is 5.71. The number of piperidine rings is 1. The number of halogens is 3. The highest BCUT2D eigenvalue weighted by molar-refractivity contribution is 7.18. The van der Waals surface area contributed by atoms with E-state index < -0.39 is 18.7 Å². The molecule has 1 aliphatic heterocycles. The second kappa shape index (κ2) is 8.25. The van der Waals surface area contributed by atoms with Gasteiger partial charge >= 0.3 is 6.18 Å². The number of β-amino-alcohol motifs (C(OH)–C–C–N with tert-alkyl or cyclic N) is 1. The number of rotatable bonds is 5. The van der Waals surface area contributed by atoms with Crippen LogP contribution in [0, 0.1) is 0 Å². The van der Waals surface area contributed by atoms with Gasteiger partial charge in [-0.25, -0.2) is 9.97 Å². The van der Waals surface area contributed by atoms with E-state index in [9.17, 15) is 18.3 Å². The van der Waals surface area contributed by atoms with Crippen molar-refractivity contribution >= 4 is 27.4 Å². The Morgan fingerprint density at radius 2 is 2.00 bits per heavy atom. The van der Waals surface area contributed by atoms with Crippen molar-refractivity contribution in [1.29, 1.82) is 0 Å². The standard InChI is InChI=1S/C20H21F3N4OS/c21-20(22,23)9-14-8-15-18(24-12-25-19(15)29-14)26-16-6-7-27(11-17(16)28)10-13-4-2-1-3-5-13/h1-5,8,12,16-17,28H,6-7,9-11H2,(H,24,25,26)/t16-,17-/m1/s1. The third kappa shape index (κ3) is 5.04. The van der Waals surface area contributed by atoms with Gasteiger partial charge in [0.25, 0.3) is 0 Å². The molecule has 154 valence electrons. The Balaban J connectivity index is 1.43. The molecule has 29 heavy (non-hydrogen) atoms.